The average Bonchev–Trinajstić information content (AvgIpc) is 2.99. The molecule has 2 aromatic heterocycles. The molecule has 0 aliphatic rings. The number of fused-ring (bicyclic) bond motifs is 1. The highest BCUT2D eigenvalue weighted by atomic mass is 16.3. The quantitative estimate of drug-likeness (QED) is 0.528. The molecule has 0 amide bonds. The second-order valence-corrected chi connectivity index (χ2v) is 5.14. The van der Waals surface area contributed by atoms with Gasteiger partial charge in [0.1, 0.15) is 11.4 Å². The van der Waals surface area contributed by atoms with Gasteiger partial charge in [-0.1, -0.05) is 24.3 Å². The molecule has 112 valence electrons. The van der Waals surface area contributed by atoms with Crippen LogP contribution >= 0.6 is 0 Å². The maximum absolute atomic E-state index is 9.62. The Morgan fingerprint density at radius 1 is 1.00 bits per heavy atom. The Kier molecular flexibility index (Phi) is 2.94. The molecule has 0 bridgehead atoms. The summed E-state index contributed by atoms with van der Waals surface area (Å²) in [7, 11) is 0. The van der Waals surface area contributed by atoms with Crippen LogP contribution in [0, 0.1) is 0 Å². The molecule has 0 radical (unpaired) electrons. The van der Waals surface area contributed by atoms with E-state index in [1.165, 1.54) is 0 Å². The van der Waals surface area contributed by atoms with Gasteiger partial charge in [-0.3, -0.25) is 0 Å². The minimum atomic E-state index is 0.173. The fourth-order valence-electron chi connectivity index (χ4n) is 2.44. The number of rotatable bonds is 2. The first kappa shape index (κ1) is 13.3. The highest BCUT2D eigenvalue weighted by molar-refractivity contribution is 5.81. The van der Waals surface area contributed by atoms with E-state index < -0.39 is 0 Å². The lowest BCUT2D eigenvalue weighted by molar-refractivity contribution is 0.475. The molecule has 23 heavy (non-hydrogen) atoms. The topological polar surface area (TPSA) is 101 Å². The SMILES string of the molecule is Nc1ncc(-c2cccc(O)c2)nc1-c1nc2ccccc2[nH]1. The van der Waals surface area contributed by atoms with Gasteiger partial charge in [-0.25, -0.2) is 15.0 Å². The van der Waals surface area contributed by atoms with Crippen molar-refractivity contribution < 1.29 is 5.11 Å². The Hall–Kier alpha value is -3.41. The van der Waals surface area contributed by atoms with Crippen LogP contribution in [0.2, 0.25) is 0 Å². The summed E-state index contributed by atoms with van der Waals surface area (Å²) in [5.41, 5.74) is 9.58. The fraction of sp³-hybridized carbons (Fsp3) is 0. The predicted octanol–water partition coefficient (Wildman–Crippen LogP) is 2.97. The summed E-state index contributed by atoms with van der Waals surface area (Å²) in [5, 5.41) is 9.62. The predicted molar refractivity (Wildman–Crippen MR) is 88.6 cm³/mol. The number of aromatic amines is 1. The molecular formula is C17H13N5O. The van der Waals surface area contributed by atoms with E-state index in [0.29, 0.717) is 23.0 Å². The van der Waals surface area contributed by atoms with E-state index in [1.807, 2.05) is 30.3 Å². The molecule has 0 fully saturated rings. The van der Waals surface area contributed by atoms with Gasteiger partial charge in [-0.05, 0) is 24.3 Å². The van der Waals surface area contributed by atoms with Crippen LogP contribution in [0.1, 0.15) is 0 Å². The number of nitrogens with one attached hydrogen (secondary N) is 1. The van der Waals surface area contributed by atoms with Crippen molar-refractivity contribution in [3.63, 3.8) is 0 Å². The lowest BCUT2D eigenvalue weighted by atomic mass is 10.1. The summed E-state index contributed by atoms with van der Waals surface area (Å²) in [6.07, 6.45) is 1.58. The Bertz CT molecular complexity index is 976. The molecule has 0 aliphatic heterocycles. The molecule has 2 heterocycles. The third-order valence-electron chi connectivity index (χ3n) is 3.56. The van der Waals surface area contributed by atoms with Gasteiger partial charge >= 0.3 is 0 Å². The molecule has 0 unspecified atom stereocenters. The van der Waals surface area contributed by atoms with Crippen molar-refractivity contribution in [2.75, 3.05) is 5.73 Å². The number of para-hydroxylation sites is 2. The zero-order valence-corrected chi connectivity index (χ0v) is 12.1. The van der Waals surface area contributed by atoms with Crippen LogP contribution in [-0.4, -0.2) is 25.0 Å². The number of benzene rings is 2. The minimum absolute atomic E-state index is 0.173. The van der Waals surface area contributed by atoms with Crippen molar-refractivity contribution in [3.8, 4) is 28.5 Å². The number of phenols is 1. The highest BCUT2D eigenvalue weighted by Gasteiger charge is 2.13. The lowest BCUT2D eigenvalue weighted by Crippen LogP contribution is -1.99. The van der Waals surface area contributed by atoms with Crippen LogP contribution in [-0.2, 0) is 0 Å². The van der Waals surface area contributed by atoms with Crippen LogP contribution in [0.4, 0.5) is 5.82 Å². The zero-order valence-electron chi connectivity index (χ0n) is 12.1. The number of phenolic OH excluding ortho intramolecular Hbond substituents is 1. The van der Waals surface area contributed by atoms with Gasteiger partial charge in [0.05, 0.1) is 22.9 Å². The van der Waals surface area contributed by atoms with Crippen LogP contribution in [0.25, 0.3) is 33.8 Å². The Morgan fingerprint density at radius 2 is 1.87 bits per heavy atom. The molecule has 6 nitrogen and oxygen atoms in total. The molecular weight excluding hydrogens is 290 g/mol. The highest BCUT2D eigenvalue weighted by Crippen LogP contribution is 2.27. The van der Waals surface area contributed by atoms with Gasteiger partial charge in [0.25, 0.3) is 0 Å². The molecule has 0 spiro atoms. The smallest absolute Gasteiger partial charge is 0.161 e. The lowest BCUT2D eigenvalue weighted by Gasteiger charge is -2.05. The molecule has 4 rings (SSSR count). The molecule has 6 heteroatoms. The zero-order chi connectivity index (χ0) is 15.8. The number of H-pyrrole nitrogens is 1. The summed E-state index contributed by atoms with van der Waals surface area (Å²) in [6, 6.07) is 14.5. The van der Waals surface area contributed by atoms with E-state index in [-0.39, 0.29) is 5.75 Å². The van der Waals surface area contributed by atoms with E-state index >= 15 is 0 Å². The summed E-state index contributed by atoms with van der Waals surface area (Å²) in [5.74, 6) is 1.04. The maximum atomic E-state index is 9.62. The van der Waals surface area contributed by atoms with Gasteiger partial charge in [0, 0.05) is 5.56 Å². The molecule has 2 aromatic carbocycles. The van der Waals surface area contributed by atoms with Crippen LogP contribution < -0.4 is 5.73 Å². The van der Waals surface area contributed by atoms with Crippen LogP contribution in [0.3, 0.4) is 0 Å². The average molecular weight is 303 g/mol. The third kappa shape index (κ3) is 2.36. The summed E-state index contributed by atoms with van der Waals surface area (Å²) >= 11 is 0. The molecule has 0 saturated carbocycles. The number of hydrogen-bond acceptors (Lipinski definition) is 5. The standard InChI is InChI=1S/C17H13N5O/c18-16-15(17-21-12-6-1-2-7-13(12)22-17)20-14(9-19-16)10-4-3-5-11(23)8-10/h1-9,23H,(H2,18,19)(H,21,22). The van der Waals surface area contributed by atoms with Crippen molar-refractivity contribution in [1.82, 2.24) is 19.9 Å². The molecule has 0 aliphatic carbocycles. The number of nitrogens with zero attached hydrogens (tertiary/aromatic N) is 3. The number of hydrogen-bond donors (Lipinski definition) is 3. The third-order valence-corrected chi connectivity index (χ3v) is 3.56. The molecule has 0 saturated heterocycles. The number of aromatic nitrogens is 4. The second kappa shape index (κ2) is 5.10. The Balaban J connectivity index is 1.86. The normalized spacial score (nSPS) is 11.0. The van der Waals surface area contributed by atoms with Gasteiger partial charge in [-0.2, -0.15) is 0 Å². The van der Waals surface area contributed by atoms with E-state index in [0.717, 1.165) is 16.6 Å². The largest absolute Gasteiger partial charge is 0.508 e. The summed E-state index contributed by atoms with van der Waals surface area (Å²) in [6.45, 7) is 0. The first-order valence-corrected chi connectivity index (χ1v) is 7.08. The van der Waals surface area contributed by atoms with E-state index in [1.54, 1.807) is 24.4 Å². The molecule has 4 aromatic rings. The number of imidazole rings is 1. The van der Waals surface area contributed by atoms with Crippen molar-refractivity contribution in [1.29, 1.82) is 0 Å². The number of anilines is 1. The maximum Gasteiger partial charge on any atom is 0.161 e. The number of nitrogen functional groups attached to an aromatic ring is 1. The van der Waals surface area contributed by atoms with E-state index in [9.17, 15) is 5.11 Å². The van der Waals surface area contributed by atoms with Gasteiger partial charge in [0.2, 0.25) is 0 Å². The van der Waals surface area contributed by atoms with Crippen molar-refractivity contribution >= 4 is 16.9 Å². The minimum Gasteiger partial charge on any atom is -0.508 e. The first-order chi connectivity index (χ1) is 11.2. The fourth-order valence-corrected chi connectivity index (χ4v) is 2.44. The van der Waals surface area contributed by atoms with Crippen molar-refractivity contribution in [3.05, 3.63) is 54.7 Å². The molecule has 0 atom stereocenters. The van der Waals surface area contributed by atoms with Crippen molar-refractivity contribution in [2.24, 2.45) is 0 Å². The Labute approximate surface area is 131 Å². The van der Waals surface area contributed by atoms with Crippen LogP contribution in [0.15, 0.2) is 54.7 Å². The molecule has 4 N–H and O–H groups in total. The first-order valence-electron chi connectivity index (χ1n) is 7.08. The Morgan fingerprint density at radius 3 is 2.70 bits per heavy atom. The van der Waals surface area contributed by atoms with Gasteiger partial charge in [-0.15, -0.1) is 0 Å². The van der Waals surface area contributed by atoms with Gasteiger partial charge in [0.15, 0.2) is 11.6 Å². The van der Waals surface area contributed by atoms with E-state index in [2.05, 4.69) is 19.9 Å². The van der Waals surface area contributed by atoms with E-state index in [4.69, 9.17) is 5.73 Å². The monoisotopic (exact) mass is 303 g/mol. The summed E-state index contributed by atoms with van der Waals surface area (Å²) in [4.78, 5) is 16.5. The second-order valence-electron chi connectivity index (χ2n) is 5.14. The number of nitrogens with two attached hydrogens (primary N) is 1. The summed E-state index contributed by atoms with van der Waals surface area (Å²) < 4.78 is 0. The van der Waals surface area contributed by atoms with Gasteiger partial charge < -0.3 is 15.8 Å². The number of aromatic hydroxyl groups is 1. The van der Waals surface area contributed by atoms with Crippen LogP contribution in [0.5, 0.6) is 5.75 Å². The van der Waals surface area contributed by atoms with Crippen molar-refractivity contribution in [2.45, 2.75) is 0 Å².